The topological polar surface area (TPSA) is 77.6 Å². The van der Waals surface area contributed by atoms with Gasteiger partial charge in [-0.3, -0.25) is 9.59 Å². The van der Waals surface area contributed by atoms with E-state index in [4.69, 9.17) is 9.26 Å². The van der Waals surface area contributed by atoms with Gasteiger partial charge in [-0.15, -0.1) is 0 Å². The highest BCUT2D eigenvalue weighted by Gasteiger charge is 2.36. The summed E-state index contributed by atoms with van der Waals surface area (Å²) in [5.41, 5.74) is 2.60. The highest BCUT2D eigenvalue weighted by Crippen LogP contribution is 2.35. The molecule has 1 amide bonds. The Labute approximate surface area is 173 Å². The van der Waals surface area contributed by atoms with Gasteiger partial charge in [-0.05, 0) is 42.7 Å². The molecule has 2 unspecified atom stereocenters. The van der Waals surface area contributed by atoms with Crippen molar-refractivity contribution in [3.05, 3.63) is 70.3 Å². The summed E-state index contributed by atoms with van der Waals surface area (Å²) in [6.45, 7) is 2.00. The second-order valence-corrected chi connectivity index (χ2v) is 8.08. The molecule has 0 N–H and O–H groups in total. The number of piperidine rings is 1. The maximum atomic E-state index is 13.0. The van der Waals surface area contributed by atoms with Gasteiger partial charge in [0, 0.05) is 48.9 Å². The summed E-state index contributed by atoms with van der Waals surface area (Å²) < 4.78 is 12.5. The quantitative estimate of drug-likeness (QED) is 0.667. The number of rotatable bonds is 4. The molecule has 5 rings (SSSR count). The van der Waals surface area contributed by atoms with Gasteiger partial charge in [0.2, 0.25) is 5.91 Å². The maximum absolute atomic E-state index is 13.0. The first kappa shape index (κ1) is 18.7. The third-order valence-corrected chi connectivity index (χ3v) is 6.10. The molecule has 0 aliphatic carbocycles. The number of fused-ring (bicyclic) bond motifs is 4. The van der Waals surface area contributed by atoms with E-state index in [1.165, 1.54) is 0 Å². The lowest BCUT2D eigenvalue weighted by Gasteiger charge is -2.42. The van der Waals surface area contributed by atoms with Crippen LogP contribution in [0.3, 0.4) is 0 Å². The number of likely N-dealkylation sites (tertiary alicyclic amines) is 1. The number of methoxy groups -OCH3 is 1. The van der Waals surface area contributed by atoms with Crippen molar-refractivity contribution in [1.29, 1.82) is 0 Å². The first-order chi connectivity index (χ1) is 14.6. The molecular formula is C23H23N3O4. The number of ether oxygens (including phenoxy) is 1. The summed E-state index contributed by atoms with van der Waals surface area (Å²) in [5.74, 6) is 1.97. The molecule has 2 aromatic heterocycles. The van der Waals surface area contributed by atoms with Gasteiger partial charge >= 0.3 is 0 Å². The average Bonchev–Trinajstić information content (AvgIpc) is 3.23. The van der Waals surface area contributed by atoms with Crippen molar-refractivity contribution in [3.63, 3.8) is 0 Å². The Morgan fingerprint density at radius 3 is 2.80 bits per heavy atom. The molecule has 3 aromatic rings. The van der Waals surface area contributed by atoms with E-state index in [-0.39, 0.29) is 23.8 Å². The molecule has 0 spiro atoms. The fourth-order valence-electron chi connectivity index (χ4n) is 4.65. The zero-order valence-electron chi connectivity index (χ0n) is 16.8. The molecule has 7 nitrogen and oxygen atoms in total. The molecule has 2 aliphatic rings. The van der Waals surface area contributed by atoms with E-state index in [1.807, 2.05) is 51.9 Å². The molecule has 2 aliphatic heterocycles. The van der Waals surface area contributed by atoms with E-state index in [0.29, 0.717) is 37.0 Å². The minimum absolute atomic E-state index is 0.0472. The van der Waals surface area contributed by atoms with Gasteiger partial charge < -0.3 is 18.7 Å². The van der Waals surface area contributed by atoms with E-state index in [2.05, 4.69) is 5.16 Å². The lowest BCUT2D eigenvalue weighted by atomic mass is 9.83. The van der Waals surface area contributed by atoms with Crippen molar-refractivity contribution in [1.82, 2.24) is 14.6 Å². The van der Waals surface area contributed by atoms with Crippen molar-refractivity contribution < 1.29 is 14.1 Å². The summed E-state index contributed by atoms with van der Waals surface area (Å²) in [7, 11) is 1.62. The Hall–Kier alpha value is -3.35. The second kappa shape index (κ2) is 7.48. The predicted molar refractivity (Wildman–Crippen MR) is 110 cm³/mol. The van der Waals surface area contributed by atoms with Gasteiger partial charge in [0.25, 0.3) is 5.56 Å². The smallest absolute Gasteiger partial charge is 0.250 e. The van der Waals surface area contributed by atoms with Gasteiger partial charge in [-0.1, -0.05) is 11.2 Å². The Bertz CT molecular complexity index is 1130. The number of pyridine rings is 1. The Balaban J connectivity index is 1.29. The first-order valence-electron chi connectivity index (χ1n) is 10.2. The molecule has 154 valence electrons. The fourth-order valence-corrected chi connectivity index (χ4v) is 4.65. The van der Waals surface area contributed by atoms with Gasteiger partial charge in [0.05, 0.1) is 19.2 Å². The van der Waals surface area contributed by atoms with Gasteiger partial charge in [0.15, 0.2) is 5.76 Å². The summed E-state index contributed by atoms with van der Waals surface area (Å²) in [6, 6.07) is 14.8. The molecular weight excluding hydrogens is 382 g/mol. The van der Waals surface area contributed by atoms with Crippen molar-refractivity contribution in [3.8, 4) is 17.1 Å². The SMILES string of the molecule is COc1ccc(-c2cc(CC(=O)N3CC4CC(C3)c3cccc(=O)n3C4)no2)cc1. The summed E-state index contributed by atoms with van der Waals surface area (Å²) in [4.78, 5) is 27.0. The van der Waals surface area contributed by atoms with E-state index < -0.39 is 0 Å². The van der Waals surface area contributed by atoms with Crippen LogP contribution >= 0.6 is 0 Å². The van der Waals surface area contributed by atoms with E-state index in [9.17, 15) is 9.59 Å². The number of hydrogen-bond donors (Lipinski definition) is 0. The third-order valence-electron chi connectivity index (χ3n) is 6.10. The van der Waals surface area contributed by atoms with Crippen LogP contribution in [0.2, 0.25) is 0 Å². The third kappa shape index (κ3) is 3.40. The van der Waals surface area contributed by atoms with Gasteiger partial charge in [-0.2, -0.15) is 0 Å². The van der Waals surface area contributed by atoms with E-state index in [0.717, 1.165) is 23.4 Å². The van der Waals surface area contributed by atoms with Crippen LogP contribution in [0.5, 0.6) is 5.75 Å². The van der Waals surface area contributed by atoms with E-state index >= 15 is 0 Å². The number of nitrogens with zero attached hydrogens (tertiary/aromatic N) is 3. The van der Waals surface area contributed by atoms with Crippen LogP contribution < -0.4 is 10.3 Å². The molecule has 2 atom stereocenters. The van der Waals surface area contributed by atoms with Crippen molar-refractivity contribution in [2.45, 2.75) is 25.3 Å². The van der Waals surface area contributed by atoms with Crippen LogP contribution in [0.15, 0.2) is 57.8 Å². The molecule has 1 saturated heterocycles. The van der Waals surface area contributed by atoms with Crippen LogP contribution in [-0.2, 0) is 17.8 Å². The highest BCUT2D eigenvalue weighted by atomic mass is 16.5. The minimum atomic E-state index is 0.0472. The molecule has 0 saturated carbocycles. The molecule has 4 heterocycles. The maximum Gasteiger partial charge on any atom is 0.250 e. The van der Waals surface area contributed by atoms with Crippen LogP contribution in [-0.4, -0.2) is 40.7 Å². The number of aromatic nitrogens is 2. The second-order valence-electron chi connectivity index (χ2n) is 8.08. The Morgan fingerprint density at radius 1 is 1.17 bits per heavy atom. The van der Waals surface area contributed by atoms with Crippen molar-refractivity contribution in [2.24, 2.45) is 5.92 Å². The molecule has 2 bridgehead atoms. The molecule has 1 aromatic carbocycles. The first-order valence-corrected chi connectivity index (χ1v) is 10.2. The largest absolute Gasteiger partial charge is 0.497 e. The van der Waals surface area contributed by atoms with Crippen LogP contribution in [0, 0.1) is 5.92 Å². The van der Waals surface area contributed by atoms with Crippen molar-refractivity contribution in [2.75, 3.05) is 20.2 Å². The zero-order valence-corrected chi connectivity index (χ0v) is 16.8. The normalized spacial score (nSPS) is 20.0. The van der Waals surface area contributed by atoms with Crippen LogP contribution in [0.25, 0.3) is 11.3 Å². The molecule has 30 heavy (non-hydrogen) atoms. The predicted octanol–water partition coefficient (Wildman–Crippen LogP) is 2.70. The zero-order chi connectivity index (χ0) is 20.7. The average molecular weight is 405 g/mol. The molecule has 7 heteroatoms. The van der Waals surface area contributed by atoms with Crippen LogP contribution in [0.1, 0.15) is 23.7 Å². The lowest BCUT2D eigenvalue weighted by molar-refractivity contribution is -0.133. The Kier molecular flexibility index (Phi) is 4.65. The monoisotopic (exact) mass is 405 g/mol. The number of benzene rings is 1. The number of carbonyl (C=O) groups excluding carboxylic acids is 1. The Morgan fingerprint density at radius 2 is 2.00 bits per heavy atom. The fraction of sp³-hybridized carbons (Fsp3) is 0.348. The van der Waals surface area contributed by atoms with Crippen LogP contribution in [0.4, 0.5) is 0 Å². The van der Waals surface area contributed by atoms with Gasteiger partial charge in [0.1, 0.15) is 5.75 Å². The minimum Gasteiger partial charge on any atom is -0.497 e. The lowest BCUT2D eigenvalue weighted by Crippen LogP contribution is -2.49. The summed E-state index contributed by atoms with van der Waals surface area (Å²) >= 11 is 0. The van der Waals surface area contributed by atoms with E-state index in [1.54, 1.807) is 13.2 Å². The van der Waals surface area contributed by atoms with Gasteiger partial charge in [-0.25, -0.2) is 0 Å². The number of amides is 1. The standard InChI is InChI=1S/C23H23N3O4/c1-29-19-7-5-16(6-8-19)21-10-18(24-30-21)11-23(28)25-12-15-9-17(14-25)20-3-2-4-22(27)26(20)13-15/h2-8,10,15,17H,9,11-14H2,1H3. The molecule has 0 radical (unpaired) electrons. The van der Waals surface area contributed by atoms with Crippen molar-refractivity contribution >= 4 is 5.91 Å². The number of carbonyl (C=O) groups is 1. The number of hydrogen-bond acceptors (Lipinski definition) is 5. The molecule has 1 fully saturated rings. The highest BCUT2D eigenvalue weighted by molar-refractivity contribution is 5.79. The summed E-state index contributed by atoms with van der Waals surface area (Å²) in [6.07, 6.45) is 1.24. The summed E-state index contributed by atoms with van der Waals surface area (Å²) in [5, 5.41) is 4.09.